The van der Waals surface area contributed by atoms with E-state index in [-0.39, 0.29) is 18.0 Å². The fourth-order valence-electron chi connectivity index (χ4n) is 1.11. The minimum Gasteiger partial charge on any atom is -0.458 e. The standard InChI is InChI=1S/C12H22O2/c1-5-7-8-9-11(6-2)14-12(13)10(3)4/h6,10-11H,2,5,7-9H2,1,3-4H3. The second-order valence-electron chi connectivity index (χ2n) is 3.86. The third-order valence-electron chi connectivity index (χ3n) is 2.09. The average Bonchev–Trinajstić information content (AvgIpc) is 2.16. The number of unbranched alkanes of at least 4 members (excludes halogenated alkanes) is 2. The molecule has 0 aromatic rings. The highest BCUT2D eigenvalue weighted by atomic mass is 16.5. The van der Waals surface area contributed by atoms with E-state index in [1.165, 1.54) is 12.8 Å². The van der Waals surface area contributed by atoms with E-state index in [0.29, 0.717) is 0 Å². The smallest absolute Gasteiger partial charge is 0.308 e. The molecule has 82 valence electrons. The lowest BCUT2D eigenvalue weighted by molar-refractivity contribution is -0.150. The number of ether oxygens (including phenoxy) is 1. The first kappa shape index (κ1) is 13.2. The molecule has 0 aliphatic carbocycles. The molecule has 14 heavy (non-hydrogen) atoms. The van der Waals surface area contributed by atoms with E-state index in [4.69, 9.17) is 4.74 Å². The van der Waals surface area contributed by atoms with Gasteiger partial charge in [0.2, 0.25) is 0 Å². The number of hydrogen-bond donors (Lipinski definition) is 0. The molecule has 0 aliphatic heterocycles. The average molecular weight is 198 g/mol. The zero-order chi connectivity index (χ0) is 11.0. The van der Waals surface area contributed by atoms with Crippen molar-refractivity contribution < 1.29 is 9.53 Å². The van der Waals surface area contributed by atoms with E-state index in [1.807, 2.05) is 13.8 Å². The number of rotatable bonds is 7. The van der Waals surface area contributed by atoms with Gasteiger partial charge in [-0.05, 0) is 12.8 Å². The van der Waals surface area contributed by atoms with Crippen LogP contribution in [0.2, 0.25) is 0 Å². The van der Waals surface area contributed by atoms with Crippen LogP contribution in [-0.4, -0.2) is 12.1 Å². The van der Waals surface area contributed by atoms with Crippen molar-refractivity contribution in [1.29, 1.82) is 0 Å². The van der Waals surface area contributed by atoms with Gasteiger partial charge in [-0.15, -0.1) is 0 Å². The molecule has 2 heteroatoms. The van der Waals surface area contributed by atoms with Crippen LogP contribution in [0.4, 0.5) is 0 Å². The minimum atomic E-state index is -0.133. The fraction of sp³-hybridized carbons (Fsp3) is 0.750. The summed E-state index contributed by atoms with van der Waals surface area (Å²) in [5.74, 6) is -0.185. The van der Waals surface area contributed by atoms with E-state index < -0.39 is 0 Å². The highest BCUT2D eigenvalue weighted by Gasteiger charge is 2.13. The van der Waals surface area contributed by atoms with Gasteiger partial charge in [0, 0.05) is 0 Å². The van der Waals surface area contributed by atoms with E-state index in [0.717, 1.165) is 12.8 Å². The van der Waals surface area contributed by atoms with Gasteiger partial charge in [-0.3, -0.25) is 4.79 Å². The summed E-state index contributed by atoms with van der Waals surface area (Å²) in [6.45, 7) is 9.51. The molecule has 0 amide bonds. The summed E-state index contributed by atoms with van der Waals surface area (Å²) in [6, 6.07) is 0. The monoisotopic (exact) mass is 198 g/mol. The van der Waals surface area contributed by atoms with Crippen molar-refractivity contribution >= 4 is 5.97 Å². The summed E-state index contributed by atoms with van der Waals surface area (Å²) in [4.78, 5) is 11.3. The van der Waals surface area contributed by atoms with Gasteiger partial charge in [0.1, 0.15) is 6.10 Å². The molecule has 0 aliphatic rings. The van der Waals surface area contributed by atoms with Gasteiger partial charge in [-0.2, -0.15) is 0 Å². The van der Waals surface area contributed by atoms with Crippen LogP contribution in [0.15, 0.2) is 12.7 Å². The van der Waals surface area contributed by atoms with Crippen molar-refractivity contribution in [3.05, 3.63) is 12.7 Å². The minimum absolute atomic E-state index is 0.0522. The van der Waals surface area contributed by atoms with Crippen LogP contribution in [0.1, 0.15) is 46.5 Å². The van der Waals surface area contributed by atoms with Crippen molar-refractivity contribution in [3.8, 4) is 0 Å². The molecule has 0 aromatic carbocycles. The molecule has 0 saturated heterocycles. The van der Waals surface area contributed by atoms with Gasteiger partial charge in [0.15, 0.2) is 0 Å². The molecule has 1 atom stereocenters. The van der Waals surface area contributed by atoms with Crippen molar-refractivity contribution in [2.24, 2.45) is 5.92 Å². The molecule has 0 saturated carbocycles. The molecule has 0 N–H and O–H groups in total. The zero-order valence-electron chi connectivity index (χ0n) is 9.58. The predicted molar refractivity (Wildman–Crippen MR) is 59.1 cm³/mol. The third-order valence-corrected chi connectivity index (χ3v) is 2.09. The predicted octanol–water partition coefficient (Wildman–Crippen LogP) is 3.32. The van der Waals surface area contributed by atoms with Gasteiger partial charge >= 0.3 is 5.97 Å². The van der Waals surface area contributed by atoms with E-state index in [1.54, 1.807) is 6.08 Å². The largest absolute Gasteiger partial charge is 0.458 e. The van der Waals surface area contributed by atoms with E-state index in [9.17, 15) is 4.79 Å². The molecule has 0 fully saturated rings. The third kappa shape index (κ3) is 5.79. The summed E-state index contributed by atoms with van der Waals surface area (Å²) in [6.07, 6.45) is 5.98. The van der Waals surface area contributed by atoms with E-state index in [2.05, 4.69) is 13.5 Å². The summed E-state index contributed by atoms with van der Waals surface area (Å²) < 4.78 is 5.25. The summed E-state index contributed by atoms with van der Waals surface area (Å²) in [5.41, 5.74) is 0. The van der Waals surface area contributed by atoms with E-state index >= 15 is 0 Å². The number of esters is 1. The van der Waals surface area contributed by atoms with Crippen molar-refractivity contribution in [2.45, 2.75) is 52.6 Å². The molecule has 2 nitrogen and oxygen atoms in total. The Bertz CT molecular complexity index is 173. The van der Waals surface area contributed by atoms with Crippen LogP contribution in [0.3, 0.4) is 0 Å². The second-order valence-corrected chi connectivity index (χ2v) is 3.86. The molecule has 1 unspecified atom stereocenters. The van der Waals surface area contributed by atoms with Gasteiger partial charge < -0.3 is 4.74 Å². The molecule has 0 aromatic heterocycles. The van der Waals surface area contributed by atoms with Gasteiger partial charge in [0.25, 0.3) is 0 Å². The Balaban J connectivity index is 3.78. The Morgan fingerprint density at radius 2 is 2.07 bits per heavy atom. The summed E-state index contributed by atoms with van der Waals surface area (Å²) in [7, 11) is 0. The highest BCUT2D eigenvalue weighted by molar-refractivity contribution is 5.71. The van der Waals surface area contributed by atoms with Crippen LogP contribution >= 0.6 is 0 Å². The first-order valence-electron chi connectivity index (χ1n) is 5.44. The normalized spacial score (nSPS) is 12.6. The molecular formula is C12H22O2. The fourth-order valence-corrected chi connectivity index (χ4v) is 1.11. The van der Waals surface area contributed by atoms with Crippen LogP contribution in [0.25, 0.3) is 0 Å². The Morgan fingerprint density at radius 3 is 2.50 bits per heavy atom. The molecule has 0 spiro atoms. The Labute approximate surface area is 87.3 Å². The Hall–Kier alpha value is -0.790. The first-order chi connectivity index (χ1) is 6.61. The summed E-state index contributed by atoms with van der Waals surface area (Å²) >= 11 is 0. The maximum Gasteiger partial charge on any atom is 0.308 e. The maximum absolute atomic E-state index is 11.3. The molecule has 0 radical (unpaired) electrons. The SMILES string of the molecule is C=CC(CCCCC)OC(=O)C(C)C. The number of carbonyl (C=O) groups is 1. The van der Waals surface area contributed by atoms with Gasteiger partial charge in [0.05, 0.1) is 5.92 Å². The lowest BCUT2D eigenvalue weighted by Crippen LogP contribution is -2.19. The topological polar surface area (TPSA) is 26.3 Å². The quantitative estimate of drug-likeness (QED) is 0.356. The first-order valence-corrected chi connectivity index (χ1v) is 5.44. The molecule has 0 heterocycles. The van der Waals surface area contributed by atoms with Crippen LogP contribution in [0, 0.1) is 5.92 Å². The van der Waals surface area contributed by atoms with Crippen LogP contribution in [0.5, 0.6) is 0 Å². The van der Waals surface area contributed by atoms with Gasteiger partial charge in [-0.25, -0.2) is 0 Å². The van der Waals surface area contributed by atoms with Gasteiger partial charge in [-0.1, -0.05) is 46.3 Å². The van der Waals surface area contributed by atoms with Crippen LogP contribution in [-0.2, 0) is 9.53 Å². The van der Waals surface area contributed by atoms with Crippen molar-refractivity contribution in [2.75, 3.05) is 0 Å². The molecule has 0 rings (SSSR count). The lowest BCUT2D eigenvalue weighted by atomic mass is 10.1. The Kier molecular flexibility index (Phi) is 7.17. The molecular weight excluding hydrogens is 176 g/mol. The van der Waals surface area contributed by atoms with Crippen molar-refractivity contribution in [3.63, 3.8) is 0 Å². The molecule has 0 bridgehead atoms. The highest BCUT2D eigenvalue weighted by Crippen LogP contribution is 2.10. The second kappa shape index (κ2) is 7.60. The number of carbonyl (C=O) groups excluding carboxylic acids is 1. The lowest BCUT2D eigenvalue weighted by Gasteiger charge is -2.15. The van der Waals surface area contributed by atoms with Crippen molar-refractivity contribution in [1.82, 2.24) is 0 Å². The zero-order valence-corrected chi connectivity index (χ0v) is 9.58. The maximum atomic E-state index is 11.3. The number of hydrogen-bond acceptors (Lipinski definition) is 2. The van der Waals surface area contributed by atoms with Crippen LogP contribution < -0.4 is 0 Å². The summed E-state index contributed by atoms with van der Waals surface area (Å²) in [5, 5.41) is 0. The Morgan fingerprint density at radius 1 is 1.43 bits per heavy atom.